The fourth-order valence-corrected chi connectivity index (χ4v) is 4.39. The van der Waals surface area contributed by atoms with Crippen LogP contribution in [0.2, 0.25) is 8.67 Å². The summed E-state index contributed by atoms with van der Waals surface area (Å²) in [6.07, 6.45) is 2.15. The number of hydrogen-bond acceptors (Lipinski definition) is 2. The molecule has 1 fully saturated rings. The Morgan fingerprint density at radius 3 is 2.80 bits per heavy atom. The van der Waals surface area contributed by atoms with Gasteiger partial charge in [0.15, 0.2) is 0 Å². The van der Waals surface area contributed by atoms with Crippen LogP contribution in [0, 0.1) is 0 Å². The molecule has 1 aromatic rings. The van der Waals surface area contributed by atoms with Crippen LogP contribution in [0.1, 0.15) is 30.2 Å². The molecule has 2 unspecified atom stereocenters. The Hall–Kier alpha value is 0.720. The molecule has 0 N–H and O–H groups in total. The first-order chi connectivity index (χ1) is 7.03. The zero-order chi connectivity index (χ0) is 11.1. The molecule has 0 aliphatic carbocycles. The number of alkyl halides is 1. The zero-order valence-corrected chi connectivity index (χ0v) is 12.1. The summed E-state index contributed by atoms with van der Waals surface area (Å²) >= 11 is 17.1. The van der Waals surface area contributed by atoms with Crippen molar-refractivity contribution in [2.75, 3.05) is 6.61 Å². The second kappa shape index (κ2) is 4.53. The van der Waals surface area contributed by atoms with E-state index in [1.165, 1.54) is 11.3 Å². The van der Waals surface area contributed by atoms with Crippen molar-refractivity contribution in [3.8, 4) is 0 Å². The van der Waals surface area contributed by atoms with Crippen molar-refractivity contribution in [1.82, 2.24) is 0 Å². The third-order valence-corrected chi connectivity index (χ3v) is 5.72. The summed E-state index contributed by atoms with van der Waals surface area (Å²) in [5.74, 6) is 0. The maximum atomic E-state index is 6.13. The van der Waals surface area contributed by atoms with Crippen LogP contribution in [0.5, 0.6) is 0 Å². The fourth-order valence-electron chi connectivity index (χ4n) is 1.86. The highest BCUT2D eigenvalue weighted by Gasteiger charge is 2.39. The van der Waals surface area contributed by atoms with Crippen LogP contribution in [-0.2, 0) is 4.74 Å². The molecule has 0 amide bonds. The smallest absolute Gasteiger partial charge is 0.0988 e. The highest BCUT2D eigenvalue weighted by atomic mass is 79.9. The highest BCUT2D eigenvalue weighted by Crippen LogP contribution is 2.47. The lowest BCUT2D eigenvalue weighted by Gasteiger charge is -2.28. The van der Waals surface area contributed by atoms with Gasteiger partial charge >= 0.3 is 0 Å². The molecule has 1 aromatic heterocycles. The summed E-state index contributed by atoms with van der Waals surface area (Å²) in [7, 11) is 0. The van der Waals surface area contributed by atoms with Crippen LogP contribution in [0.3, 0.4) is 0 Å². The molecule has 2 rings (SSSR count). The van der Waals surface area contributed by atoms with Crippen molar-refractivity contribution >= 4 is 50.5 Å². The van der Waals surface area contributed by atoms with Gasteiger partial charge < -0.3 is 4.74 Å². The molecular formula is C10H11BrCl2OS. The minimum absolute atomic E-state index is 0.115. The van der Waals surface area contributed by atoms with Gasteiger partial charge in [-0.25, -0.2) is 0 Å². The number of thiophene rings is 1. The van der Waals surface area contributed by atoms with Gasteiger partial charge in [0.05, 0.1) is 19.1 Å². The van der Waals surface area contributed by atoms with Crippen molar-refractivity contribution in [2.24, 2.45) is 0 Å². The standard InChI is InChI=1S/C10H11BrCl2OS/c1-10(3-2-4-14-10)8(11)6-5-7(12)15-9(6)13/h5,8H,2-4H2,1H3. The molecule has 15 heavy (non-hydrogen) atoms. The predicted molar refractivity (Wildman–Crippen MR) is 69.6 cm³/mol. The molecule has 1 nitrogen and oxygen atoms in total. The summed E-state index contributed by atoms with van der Waals surface area (Å²) in [5, 5.41) is 0. The molecule has 1 saturated heterocycles. The Balaban J connectivity index is 2.27. The van der Waals surface area contributed by atoms with Crippen molar-refractivity contribution in [1.29, 1.82) is 0 Å². The number of rotatable bonds is 2. The Labute approximate surface area is 112 Å². The molecule has 1 aliphatic heterocycles. The van der Waals surface area contributed by atoms with E-state index >= 15 is 0 Å². The molecule has 1 aliphatic rings. The molecule has 0 bridgehead atoms. The zero-order valence-electron chi connectivity index (χ0n) is 8.23. The first-order valence-electron chi connectivity index (χ1n) is 4.76. The normalized spacial score (nSPS) is 28.3. The van der Waals surface area contributed by atoms with E-state index in [9.17, 15) is 0 Å². The van der Waals surface area contributed by atoms with Crippen LogP contribution >= 0.6 is 50.5 Å². The van der Waals surface area contributed by atoms with Crippen LogP contribution in [0.4, 0.5) is 0 Å². The van der Waals surface area contributed by atoms with E-state index < -0.39 is 0 Å². The maximum Gasteiger partial charge on any atom is 0.0988 e. The van der Waals surface area contributed by atoms with Crippen LogP contribution in [0.15, 0.2) is 6.07 Å². The van der Waals surface area contributed by atoms with Gasteiger partial charge in [0.25, 0.3) is 0 Å². The summed E-state index contributed by atoms with van der Waals surface area (Å²) in [6, 6.07) is 1.92. The van der Waals surface area contributed by atoms with Gasteiger partial charge in [0, 0.05) is 6.61 Å². The highest BCUT2D eigenvalue weighted by molar-refractivity contribution is 9.09. The van der Waals surface area contributed by atoms with Gasteiger partial charge in [-0.1, -0.05) is 39.1 Å². The van der Waals surface area contributed by atoms with Crippen LogP contribution in [0.25, 0.3) is 0 Å². The quantitative estimate of drug-likeness (QED) is 0.689. The number of hydrogen-bond donors (Lipinski definition) is 0. The van der Waals surface area contributed by atoms with Crippen molar-refractivity contribution in [2.45, 2.75) is 30.2 Å². The molecule has 0 radical (unpaired) electrons. The molecular weight excluding hydrogens is 319 g/mol. The summed E-state index contributed by atoms with van der Waals surface area (Å²) < 4.78 is 7.25. The SMILES string of the molecule is CC1(C(Br)c2cc(Cl)sc2Cl)CCCO1. The van der Waals surface area contributed by atoms with Gasteiger partial charge in [-0.2, -0.15) is 0 Å². The Bertz CT molecular complexity index is 360. The van der Waals surface area contributed by atoms with Crippen molar-refractivity contribution < 1.29 is 4.74 Å². The van der Waals surface area contributed by atoms with E-state index in [1.807, 2.05) is 6.07 Å². The minimum atomic E-state index is -0.159. The van der Waals surface area contributed by atoms with Gasteiger partial charge in [-0.15, -0.1) is 11.3 Å². The average molecular weight is 330 g/mol. The molecule has 5 heteroatoms. The monoisotopic (exact) mass is 328 g/mol. The van der Waals surface area contributed by atoms with E-state index in [4.69, 9.17) is 27.9 Å². The number of ether oxygens (including phenoxy) is 1. The van der Waals surface area contributed by atoms with Crippen molar-refractivity contribution in [3.63, 3.8) is 0 Å². The van der Waals surface area contributed by atoms with E-state index in [1.54, 1.807) is 0 Å². The predicted octanol–water partition coefficient (Wildman–Crippen LogP) is 5.06. The molecule has 0 spiro atoms. The summed E-state index contributed by atoms with van der Waals surface area (Å²) in [5.41, 5.74) is 0.879. The Morgan fingerprint density at radius 2 is 2.33 bits per heavy atom. The van der Waals surface area contributed by atoms with Gasteiger partial charge in [-0.3, -0.25) is 0 Å². The lowest BCUT2D eigenvalue weighted by molar-refractivity contribution is 0.0198. The van der Waals surface area contributed by atoms with Crippen molar-refractivity contribution in [3.05, 3.63) is 20.3 Å². The third-order valence-electron chi connectivity index (χ3n) is 2.74. The number of halogens is 3. The molecule has 2 heterocycles. The topological polar surface area (TPSA) is 9.23 Å². The van der Waals surface area contributed by atoms with Crippen LogP contribution in [-0.4, -0.2) is 12.2 Å². The lowest BCUT2D eigenvalue weighted by atomic mass is 9.95. The Kier molecular flexibility index (Phi) is 3.68. The second-order valence-corrected chi connectivity index (χ2v) is 7.11. The molecule has 84 valence electrons. The first kappa shape index (κ1) is 12.2. The molecule has 0 aromatic carbocycles. The minimum Gasteiger partial charge on any atom is -0.374 e. The van der Waals surface area contributed by atoms with E-state index in [0.29, 0.717) is 0 Å². The largest absolute Gasteiger partial charge is 0.374 e. The third kappa shape index (κ3) is 2.37. The van der Waals surface area contributed by atoms with E-state index in [-0.39, 0.29) is 10.4 Å². The van der Waals surface area contributed by atoms with E-state index in [2.05, 4.69) is 22.9 Å². The molecule has 0 saturated carbocycles. The summed E-state index contributed by atoms with van der Waals surface area (Å²) in [6.45, 7) is 2.94. The lowest BCUT2D eigenvalue weighted by Crippen LogP contribution is -2.28. The average Bonchev–Trinajstić information content (AvgIpc) is 2.73. The first-order valence-corrected chi connectivity index (χ1v) is 7.24. The fraction of sp³-hybridized carbons (Fsp3) is 0.600. The van der Waals surface area contributed by atoms with E-state index in [0.717, 1.165) is 33.7 Å². The molecule has 2 atom stereocenters. The maximum absolute atomic E-state index is 6.13. The van der Waals surface area contributed by atoms with Gasteiger partial charge in [0.2, 0.25) is 0 Å². The Morgan fingerprint density at radius 1 is 1.60 bits per heavy atom. The second-order valence-electron chi connectivity index (χ2n) is 3.91. The van der Waals surface area contributed by atoms with Gasteiger partial charge in [-0.05, 0) is 31.4 Å². The summed E-state index contributed by atoms with van der Waals surface area (Å²) in [4.78, 5) is 0.115. The van der Waals surface area contributed by atoms with Gasteiger partial charge in [0.1, 0.15) is 0 Å². The van der Waals surface area contributed by atoms with Crippen LogP contribution < -0.4 is 0 Å².